The van der Waals surface area contributed by atoms with E-state index < -0.39 is 12.1 Å². The van der Waals surface area contributed by atoms with E-state index in [-0.39, 0.29) is 13.0 Å². The summed E-state index contributed by atoms with van der Waals surface area (Å²) in [5.74, 6) is -0.839. The van der Waals surface area contributed by atoms with E-state index in [2.05, 4.69) is 12.2 Å². The summed E-state index contributed by atoms with van der Waals surface area (Å²) in [6, 6.07) is 0.293. The zero-order valence-electron chi connectivity index (χ0n) is 12.1. The molecule has 0 aromatic heterocycles. The molecule has 0 saturated carbocycles. The van der Waals surface area contributed by atoms with Gasteiger partial charge >= 0.3 is 6.18 Å². The van der Waals surface area contributed by atoms with Gasteiger partial charge in [0.25, 0.3) is 0 Å². The van der Waals surface area contributed by atoms with E-state index in [1.807, 2.05) is 4.90 Å². The summed E-state index contributed by atoms with van der Waals surface area (Å²) in [6.07, 6.45) is -2.07. The van der Waals surface area contributed by atoms with E-state index >= 15 is 0 Å². The summed E-state index contributed by atoms with van der Waals surface area (Å²) in [4.78, 5) is 1.97. The molecule has 2 aliphatic rings. The van der Waals surface area contributed by atoms with Gasteiger partial charge < -0.3 is 15.0 Å². The molecule has 0 radical (unpaired) electrons. The summed E-state index contributed by atoms with van der Waals surface area (Å²) in [5.41, 5.74) is 0. The molecule has 2 fully saturated rings. The maximum atomic E-state index is 12.8. The monoisotopic (exact) mass is 294 g/mol. The second-order valence-electron chi connectivity index (χ2n) is 6.00. The molecule has 0 amide bonds. The molecule has 20 heavy (non-hydrogen) atoms. The van der Waals surface area contributed by atoms with Crippen molar-refractivity contribution in [3.63, 3.8) is 0 Å². The quantitative estimate of drug-likeness (QED) is 0.842. The predicted molar refractivity (Wildman–Crippen MR) is 71.6 cm³/mol. The van der Waals surface area contributed by atoms with Crippen LogP contribution in [0.4, 0.5) is 13.2 Å². The van der Waals surface area contributed by atoms with Crippen LogP contribution in [0.2, 0.25) is 0 Å². The van der Waals surface area contributed by atoms with Crippen molar-refractivity contribution in [2.24, 2.45) is 11.8 Å². The van der Waals surface area contributed by atoms with Crippen LogP contribution in [0.3, 0.4) is 0 Å². The van der Waals surface area contributed by atoms with Crippen LogP contribution in [-0.4, -0.2) is 56.5 Å². The molecule has 2 heterocycles. The van der Waals surface area contributed by atoms with Crippen LogP contribution in [-0.2, 0) is 4.74 Å². The Morgan fingerprint density at radius 2 is 2.10 bits per heavy atom. The van der Waals surface area contributed by atoms with Crippen molar-refractivity contribution in [3.8, 4) is 0 Å². The lowest BCUT2D eigenvalue weighted by Gasteiger charge is -2.35. The zero-order chi connectivity index (χ0) is 14.6. The summed E-state index contributed by atoms with van der Waals surface area (Å²) < 4.78 is 43.9. The van der Waals surface area contributed by atoms with E-state index in [0.717, 1.165) is 19.5 Å². The lowest BCUT2D eigenvalue weighted by Crippen LogP contribution is -2.47. The van der Waals surface area contributed by atoms with Gasteiger partial charge in [0.1, 0.15) is 0 Å². The van der Waals surface area contributed by atoms with Crippen molar-refractivity contribution >= 4 is 0 Å². The first-order chi connectivity index (χ1) is 9.50. The Morgan fingerprint density at radius 1 is 1.30 bits per heavy atom. The first kappa shape index (κ1) is 16.0. The molecule has 0 aliphatic carbocycles. The Labute approximate surface area is 118 Å². The number of ether oxygens (including phenoxy) is 1. The van der Waals surface area contributed by atoms with Gasteiger partial charge in [0.15, 0.2) is 0 Å². The summed E-state index contributed by atoms with van der Waals surface area (Å²) in [6.45, 7) is 6.04. The normalized spacial score (nSPS) is 32.7. The van der Waals surface area contributed by atoms with E-state index in [9.17, 15) is 13.2 Å². The number of likely N-dealkylation sites (tertiary alicyclic amines) is 1. The van der Waals surface area contributed by atoms with Crippen LogP contribution in [0.25, 0.3) is 0 Å². The molecule has 2 saturated heterocycles. The SMILES string of the molecule is CCCNC1COCC1CN1CCCC(C(F)(F)F)C1. The fourth-order valence-corrected chi connectivity index (χ4v) is 3.15. The predicted octanol–water partition coefficient (Wildman–Crippen LogP) is 2.28. The van der Waals surface area contributed by atoms with Crippen LogP contribution in [0.1, 0.15) is 26.2 Å². The van der Waals surface area contributed by atoms with E-state index in [0.29, 0.717) is 38.1 Å². The van der Waals surface area contributed by atoms with Crippen molar-refractivity contribution in [1.29, 1.82) is 0 Å². The number of hydrogen-bond acceptors (Lipinski definition) is 3. The highest BCUT2D eigenvalue weighted by Crippen LogP contribution is 2.33. The molecular weight excluding hydrogens is 269 g/mol. The molecule has 1 N–H and O–H groups in total. The third-order valence-electron chi connectivity index (χ3n) is 4.32. The fraction of sp³-hybridized carbons (Fsp3) is 1.00. The van der Waals surface area contributed by atoms with Crippen LogP contribution in [0, 0.1) is 11.8 Å². The Morgan fingerprint density at radius 3 is 2.80 bits per heavy atom. The molecule has 118 valence electrons. The Bertz CT molecular complexity index is 299. The number of nitrogens with one attached hydrogen (secondary N) is 1. The number of halogens is 3. The van der Waals surface area contributed by atoms with Gasteiger partial charge in [0.2, 0.25) is 0 Å². The molecule has 6 heteroatoms. The Hall–Kier alpha value is -0.330. The van der Waals surface area contributed by atoms with Crippen molar-refractivity contribution in [2.45, 2.75) is 38.4 Å². The number of hydrogen-bond donors (Lipinski definition) is 1. The van der Waals surface area contributed by atoms with E-state index in [1.54, 1.807) is 0 Å². The van der Waals surface area contributed by atoms with Gasteiger partial charge in [-0.05, 0) is 32.4 Å². The van der Waals surface area contributed by atoms with Crippen molar-refractivity contribution in [3.05, 3.63) is 0 Å². The van der Waals surface area contributed by atoms with Gasteiger partial charge in [-0.3, -0.25) is 0 Å². The van der Waals surface area contributed by atoms with Gasteiger partial charge in [-0.15, -0.1) is 0 Å². The molecule has 3 unspecified atom stereocenters. The van der Waals surface area contributed by atoms with Crippen LogP contribution < -0.4 is 5.32 Å². The summed E-state index contributed by atoms with van der Waals surface area (Å²) in [7, 11) is 0. The average molecular weight is 294 g/mol. The second-order valence-corrected chi connectivity index (χ2v) is 6.00. The number of alkyl halides is 3. The largest absolute Gasteiger partial charge is 0.393 e. The Balaban J connectivity index is 1.82. The first-order valence-corrected chi connectivity index (χ1v) is 7.61. The van der Waals surface area contributed by atoms with E-state index in [1.165, 1.54) is 0 Å². The van der Waals surface area contributed by atoms with Crippen LogP contribution in [0.5, 0.6) is 0 Å². The van der Waals surface area contributed by atoms with Gasteiger partial charge in [0, 0.05) is 25.0 Å². The highest BCUT2D eigenvalue weighted by molar-refractivity contribution is 4.86. The molecule has 0 aromatic rings. The molecule has 0 aromatic carbocycles. The average Bonchev–Trinajstić information content (AvgIpc) is 2.83. The maximum absolute atomic E-state index is 12.8. The highest BCUT2D eigenvalue weighted by Gasteiger charge is 2.42. The number of piperidine rings is 1. The van der Waals surface area contributed by atoms with Crippen molar-refractivity contribution in [1.82, 2.24) is 10.2 Å². The first-order valence-electron chi connectivity index (χ1n) is 7.61. The molecule has 0 bridgehead atoms. The van der Waals surface area contributed by atoms with Crippen LogP contribution >= 0.6 is 0 Å². The number of rotatable bonds is 5. The second kappa shape index (κ2) is 7.09. The van der Waals surface area contributed by atoms with Crippen LogP contribution in [0.15, 0.2) is 0 Å². The minimum Gasteiger partial charge on any atom is -0.379 e. The lowest BCUT2D eigenvalue weighted by atomic mass is 9.95. The van der Waals surface area contributed by atoms with Crippen molar-refractivity contribution < 1.29 is 17.9 Å². The highest BCUT2D eigenvalue weighted by atomic mass is 19.4. The molecule has 0 spiro atoms. The molecular formula is C14H25F3N2O. The minimum atomic E-state index is -4.05. The minimum absolute atomic E-state index is 0.153. The summed E-state index contributed by atoms with van der Waals surface area (Å²) >= 11 is 0. The smallest absolute Gasteiger partial charge is 0.379 e. The van der Waals surface area contributed by atoms with Gasteiger partial charge in [-0.1, -0.05) is 6.92 Å². The molecule has 2 aliphatic heterocycles. The topological polar surface area (TPSA) is 24.5 Å². The lowest BCUT2D eigenvalue weighted by molar-refractivity contribution is -0.187. The zero-order valence-corrected chi connectivity index (χ0v) is 12.1. The van der Waals surface area contributed by atoms with Gasteiger partial charge in [-0.25, -0.2) is 0 Å². The summed E-state index contributed by atoms with van der Waals surface area (Å²) in [5, 5.41) is 3.44. The fourth-order valence-electron chi connectivity index (χ4n) is 3.15. The van der Waals surface area contributed by atoms with E-state index in [4.69, 9.17) is 4.74 Å². The molecule has 3 atom stereocenters. The maximum Gasteiger partial charge on any atom is 0.393 e. The van der Waals surface area contributed by atoms with Gasteiger partial charge in [0.05, 0.1) is 19.1 Å². The van der Waals surface area contributed by atoms with Gasteiger partial charge in [-0.2, -0.15) is 13.2 Å². The third-order valence-corrected chi connectivity index (χ3v) is 4.32. The Kier molecular flexibility index (Phi) is 5.69. The molecule has 3 nitrogen and oxygen atoms in total. The van der Waals surface area contributed by atoms with Crippen molar-refractivity contribution in [2.75, 3.05) is 39.4 Å². The number of nitrogens with zero attached hydrogens (tertiary/aromatic N) is 1. The molecule has 2 rings (SSSR count). The standard InChI is InChI=1S/C14H25F3N2O/c1-2-5-18-13-10-20-9-11(13)7-19-6-3-4-12(8-19)14(15,16)17/h11-13,18H,2-10H2,1H3. The third kappa shape index (κ3) is 4.33.